The van der Waals surface area contributed by atoms with Crippen LogP contribution in [-0.2, 0) is 16.6 Å². The number of hydrogen-bond donors (Lipinski definition) is 1. The Balaban J connectivity index is 2.01. The first-order valence-electron chi connectivity index (χ1n) is 6.99. The van der Waals surface area contributed by atoms with Gasteiger partial charge in [-0.05, 0) is 37.6 Å². The fourth-order valence-corrected chi connectivity index (χ4v) is 3.26. The fraction of sp³-hybridized carbons (Fsp3) is 0.200. The first kappa shape index (κ1) is 15.3. The number of benzene rings is 1. The Morgan fingerprint density at radius 2 is 2.04 bits per heavy atom. The minimum absolute atomic E-state index is 0.00405. The number of nitrogens with one attached hydrogen (secondary N) is 1. The zero-order valence-electron chi connectivity index (χ0n) is 12.6. The molecule has 0 spiro atoms. The van der Waals surface area contributed by atoms with Crippen LogP contribution >= 0.6 is 0 Å². The van der Waals surface area contributed by atoms with E-state index in [-0.39, 0.29) is 16.3 Å². The summed E-state index contributed by atoms with van der Waals surface area (Å²) in [4.78, 5) is 15.7. The smallest absolute Gasteiger partial charge is 0.408 e. The van der Waals surface area contributed by atoms with Crippen molar-refractivity contribution in [1.82, 2.24) is 9.55 Å². The Labute approximate surface area is 132 Å². The average molecular weight is 333 g/mol. The first-order chi connectivity index (χ1) is 10.9. The summed E-state index contributed by atoms with van der Waals surface area (Å²) in [5.41, 5.74) is 1.72. The van der Waals surface area contributed by atoms with Gasteiger partial charge in [-0.25, -0.2) is 18.2 Å². The molecule has 0 aliphatic carbocycles. The van der Waals surface area contributed by atoms with Crippen LogP contribution in [0.1, 0.15) is 12.5 Å². The highest BCUT2D eigenvalue weighted by Gasteiger charge is 2.18. The minimum atomic E-state index is -3.81. The number of hydrogen-bond acceptors (Lipinski definition) is 5. The predicted molar refractivity (Wildman–Crippen MR) is 85.9 cm³/mol. The predicted octanol–water partition coefficient (Wildman–Crippen LogP) is 2.12. The van der Waals surface area contributed by atoms with Gasteiger partial charge in [-0.2, -0.15) is 0 Å². The SMILES string of the molecule is CCn1c(=O)oc2cc(S(=O)(=O)Nc3ccc(C)cn3)ccc21. The van der Waals surface area contributed by atoms with E-state index in [9.17, 15) is 13.2 Å². The third kappa shape index (κ3) is 2.85. The number of nitrogens with zero attached hydrogens (tertiary/aromatic N) is 2. The Bertz CT molecular complexity index is 1020. The molecule has 1 N–H and O–H groups in total. The molecule has 2 aromatic heterocycles. The van der Waals surface area contributed by atoms with E-state index in [1.807, 2.05) is 13.8 Å². The van der Waals surface area contributed by atoms with Crippen LogP contribution in [0.3, 0.4) is 0 Å². The second kappa shape index (κ2) is 5.54. The van der Waals surface area contributed by atoms with Crippen molar-refractivity contribution in [3.05, 3.63) is 52.6 Å². The summed E-state index contributed by atoms with van der Waals surface area (Å²) in [7, 11) is -3.81. The van der Waals surface area contributed by atoms with Crippen LogP contribution in [0, 0.1) is 6.92 Å². The molecule has 0 atom stereocenters. The highest BCUT2D eigenvalue weighted by molar-refractivity contribution is 7.92. The molecule has 8 heteroatoms. The molecule has 3 rings (SSSR count). The molecule has 7 nitrogen and oxygen atoms in total. The van der Waals surface area contributed by atoms with Crippen LogP contribution in [0.5, 0.6) is 0 Å². The van der Waals surface area contributed by atoms with Gasteiger partial charge in [0.05, 0.1) is 10.4 Å². The quantitative estimate of drug-likeness (QED) is 0.789. The Kier molecular flexibility index (Phi) is 3.69. The van der Waals surface area contributed by atoms with Crippen LogP contribution in [0.15, 0.2) is 50.6 Å². The molecule has 0 aliphatic rings. The number of pyridine rings is 1. The van der Waals surface area contributed by atoms with Crippen LogP contribution in [0.25, 0.3) is 11.1 Å². The van der Waals surface area contributed by atoms with Gasteiger partial charge in [0.2, 0.25) is 0 Å². The van der Waals surface area contributed by atoms with Crippen molar-refractivity contribution >= 4 is 26.9 Å². The average Bonchev–Trinajstić information content (AvgIpc) is 2.83. The maximum atomic E-state index is 12.4. The lowest BCUT2D eigenvalue weighted by Crippen LogP contribution is -2.14. The van der Waals surface area contributed by atoms with E-state index in [2.05, 4.69) is 9.71 Å². The van der Waals surface area contributed by atoms with Gasteiger partial charge in [-0.1, -0.05) is 6.07 Å². The van der Waals surface area contributed by atoms with Gasteiger partial charge in [-0.3, -0.25) is 9.29 Å². The molecule has 0 aliphatic heterocycles. The lowest BCUT2D eigenvalue weighted by Gasteiger charge is -2.07. The molecule has 0 saturated heterocycles. The largest absolute Gasteiger partial charge is 0.419 e. The van der Waals surface area contributed by atoms with Crippen LogP contribution < -0.4 is 10.5 Å². The van der Waals surface area contributed by atoms with Crippen molar-refractivity contribution in [2.45, 2.75) is 25.3 Å². The van der Waals surface area contributed by atoms with Crippen molar-refractivity contribution < 1.29 is 12.8 Å². The Morgan fingerprint density at radius 1 is 1.26 bits per heavy atom. The van der Waals surface area contributed by atoms with Gasteiger partial charge >= 0.3 is 5.76 Å². The van der Waals surface area contributed by atoms with Gasteiger partial charge in [0.25, 0.3) is 10.0 Å². The van der Waals surface area contributed by atoms with Gasteiger partial charge in [0.1, 0.15) is 5.82 Å². The molecule has 0 unspecified atom stereocenters. The number of aryl methyl sites for hydroxylation is 2. The van der Waals surface area contributed by atoms with Crippen molar-refractivity contribution in [3.8, 4) is 0 Å². The molecule has 1 aromatic carbocycles. The van der Waals surface area contributed by atoms with E-state index in [0.29, 0.717) is 12.1 Å². The molecular formula is C15H15N3O4S. The van der Waals surface area contributed by atoms with Crippen molar-refractivity contribution in [2.24, 2.45) is 0 Å². The molecule has 2 heterocycles. The Hall–Kier alpha value is -2.61. The van der Waals surface area contributed by atoms with E-state index in [4.69, 9.17) is 4.42 Å². The van der Waals surface area contributed by atoms with Crippen LogP contribution in [0.4, 0.5) is 5.82 Å². The standard InChI is InChI=1S/C15H15N3O4S/c1-3-18-12-6-5-11(8-13(12)22-15(18)19)23(20,21)17-14-7-4-10(2)9-16-14/h4-9H,3H2,1-2H3,(H,16,17). The topological polar surface area (TPSA) is 94.2 Å². The van der Waals surface area contributed by atoms with Crippen molar-refractivity contribution in [1.29, 1.82) is 0 Å². The van der Waals surface area contributed by atoms with Gasteiger partial charge in [0.15, 0.2) is 5.58 Å². The number of rotatable bonds is 4. The van der Waals surface area contributed by atoms with Crippen molar-refractivity contribution in [2.75, 3.05) is 4.72 Å². The van der Waals surface area contributed by atoms with E-state index in [0.717, 1.165) is 5.56 Å². The summed E-state index contributed by atoms with van der Waals surface area (Å²) in [6.45, 7) is 4.12. The van der Waals surface area contributed by atoms with Crippen LogP contribution in [-0.4, -0.2) is 18.0 Å². The molecule has 23 heavy (non-hydrogen) atoms. The maximum absolute atomic E-state index is 12.4. The third-order valence-electron chi connectivity index (χ3n) is 3.42. The number of fused-ring (bicyclic) bond motifs is 1. The van der Waals surface area contributed by atoms with E-state index in [1.165, 1.54) is 16.7 Å². The molecule has 0 fully saturated rings. The number of oxazole rings is 1. The summed E-state index contributed by atoms with van der Waals surface area (Å²) >= 11 is 0. The highest BCUT2D eigenvalue weighted by atomic mass is 32.2. The maximum Gasteiger partial charge on any atom is 0.419 e. The van der Waals surface area contributed by atoms with E-state index in [1.54, 1.807) is 24.4 Å². The summed E-state index contributed by atoms with van der Waals surface area (Å²) < 4.78 is 33.7. The second-order valence-electron chi connectivity index (χ2n) is 5.07. The number of anilines is 1. The number of sulfonamides is 1. The first-order valence-corrected chi connectivity index (χ1v) is 8.48. The normalized spacial score (nSPS) is 11.7. The monoisotopic (exact) mass is 333 g/mol. The zero-order valence-corrected chi connectivity index (χ0v) is 13.4. The van der Waals surface area contributed by atoms with E-state index < -0.39 is 15.8 Å². The molecule has 120 valence electrons. The van der Waals surface area contributed by atoms with Gasteiger partial charge in [-0.15, -0.1) is 0 Å². The molecule has 0 radical (unpaired) electrons. The highest BCUT2D eigenvalue weighted by Crippen LogP contribution is 2.20. The summed E-state index contributed by atoms with van der Waals surface area (Å²) in [6, 6.07) is 7.66. The lowest BCUT2D eigenvalue weighted by atomic mass is 10.3. The second-order valence-corrected chi connectivity index (χ2v) is 6.75. The minimum Gasteiger partial charge on any atom is -0.408 e. The zero-order chi connectivity index (χ0) is 16.6. The molecule has 0 bridgehead atoms. The number of aromatic nitrogens is 2. The molecule has 0 amide bonds. The van der Waals surface area contributed by atoms with Crippen LogP contribution in [0.2, 0.25) is 0 Å². The molecule has 0 saturated carbocycles. The molecule has 3 aromatic rings. The molecular weight excluding hydrogens is 318 g/mol. The third-order valence-corrected chi connectivity index (χ3v) is 4.77. The summed E-state index contributed by atoms with van der Waals surface area (Å²) in [5.74, 6) is -0.284. The Morgan fingerprint density at radius 3 is 2.70 bits per heavy atom. The lowest BCUT2D eigenvalue weighted by molar-refractivity contribution is 0.512. The van der Waals surface area contributed by atoms with Gasteiger partial charge in [0, 0.05) is 18.8 Å². The van der Waals surface area contributed by atoms with Crippen molar-refractivity contribution in [3.63, 3.8) is 0 Å². The van der Waals surface area contributed by atoms with Gasteiger partial charge < -0.3 is 4.42 Å². The summed E-state index contributed by atoms with van der Waals surface area (Å²) in [6.07, 6.45) is 1.57. The fourth-order valence-electron chi connectivity index (χ4n) is 2.24. The summed E-state index contributed by atoms with van der Waals surface area (Å²) in [5, 5.41) is 0. The van der Waals surface area contributed by atoms with E-state index >= 15 is 0 Å².